The monoisotopic (exact) mass is 546 g/mol. The number of nitrogens with one attached hydrogen (secondary N) is 1. The van der Waals surface area contributed by atoms with Gasteiger partial charge in [0.1, 0.15) is 17.0 Å². The second kappa shape index (κ2) is 10.8. The van der Waals surface area contributed by atoms with Gasteiger partial charge in [-0.3, -0.25) is 4.57 Å². The van der Waals surface area contributed by atoms with Crippen molar-refractivity contribution in [2.24, 2.45) is 0 Å². The van der Waals surface area contributed by atoms with E-state index >= 15 is 4.39 Å². The Bertz CT molecular complexity index is 1580. The molecule has 0 saturated carbocycles. The number of hydrogen-bond acceptors (Lipinski definition) is 8. The van der Waals surface area contributed by atoms with E-state index in [9.17, 15) is 19.1 Å². The van der Waals surface area contributed by atoms with Gasteiger partial charge >= 0.3 is 7.60 Å². The first-order chi connectivity index (χ1) is 17.1. The molecule has 3 aromatic heterocycles. The van der Waals surface area contributed by atoms with Crippen molar-refractivity contribution < 1.29 is 22.8 Å². The second-order valence-corrected chi connectivity index (χ2v) is 10.1. The van der Waals surface area contributed by atoms with Crippen molar-refractivity contribution in [3.8, 4) is 17.3 Å². The predicted molar refractivity (Wildman–Crippen MR) is 137 cm³/mol. The molecule has 0 aliphatic heterocycles. The Hall–Kier alpha value is -3.52. The molecule has 0 spiro atoms. The van der Waals surface area contributed by atoms with Crippen molar-refractivity contribution in [2.75, 3.05) is 12.4 Å². The van der Waals surface area contributed by atoms with Gasteiger partial charge in [0.15, 0.2) is 11.3 Å². The van der Waals surface area contributed by atoms with E-state index in [4.69, 9.17) is 11.6 Å². The van der Waals surface area contributed by atoms with Crippen LogP contribution in [0.3, 0.4) is 0 Å². The summed E-state index contributed by atoms with van der Waals surface area (Å²) in [6.07, 6.45) is 1.20. The van der Waals surface area contributed by atoms with E-state index in [-0.39, 0.29) is 44.5 Å². The number of aromatic nitrogens is 3. The zero-order chi connectivity index (χ0) is 26.2. The highest BCUT2D eigenvalue weighted by Crippen LogP contribution is 2.39. The van der Waals surface area contributed by atoms with Crippen LogP contribution < -0.4 is 16.9 Å². The maximum Gasteiger partial charge on any atom is 0.376 e. The van der Waals surface area contributed by atoms with Gasteiger partial charge in [-0.2, -0.15) is 5.26 Å². The largest absolute Gasteiger partial charge is 0.376 e. The smallest absolute Gasteiger partial charge is 0.375 e. The van der Waals surface area contributed by atoms with E-state index < -0.39 is 25.3 Å². The van der Waals surface area contributed by atoms with E-state index in [0.29, 0.717) is 16.9 Å². The van der Waals surface area contributed by atoms with E-state index in [1.165, 1.54) is 42.6 Å². The van der Waals surface area contributed by atoms with E-state index in [1.807, 2.05) is 6.07 Å². The van der Waals surface area contributed by atoms with Gasteiger partial charge in [0.25, 0.3) is 0 Å². The van der Waals surface area contributed by atoms with Crippen molar-refractivity contribution in [2.45, 2.75) is 19.9 Å². The summed E-state index contributed by atoms with van der Waals surface area (Å²) in [5.41, 5.74) is 1.61. The molecule has 37 heavy (non-hydrogen) atoms. The fourth-order valence-electron chi connectivity index (χ4n) is 3.62. The minimum absolute atomic E-state index is 0. The molecule has 0 aliphatic carbocycles. The van der Waals surface area contributed by atoms with Crippen LogP contribution in [-0.4, -0.2) is 27.0 Å². The number of nitrogens with zero attached hydrogens (tertiary/aromatic N) is 4. The molecule has 0 amide bonds. The highest BCUT2D eigenvalue weighted by molar-refractivity contribution is 7.60. The van der Waals surface area contributed by atoms with Crippen molar-refractivity contribution in [3.63, 3.8) is 0 Å². The first-order valence-electron chi connectivity index (χ1n) is 10.5. The molecule has 4 aromatic rings. The average molecular weight is 547 g/mol. The first kappa shape index (κ1) is 28.1. The summed E-state index contributed by atoms with van der Waals surface area (Å²) in [6, 6.07) is 9.19. The molecule has 9 nitrogen and oxygen atoms in total. The first-order valence-corrected chi connectivity index (χ1v) is 12.5. The van der Waals surface area contributed by atoms with E-state index in [0.717, 1.165) is 7.11 Å². The lowest BCUT2D eigenvalue weighted by atomic mass is 10.0. The van der Waals surface area contributed by atoms with Crippen molar-refractivity contribution in [1.82, 2.24) is 21.1 Å². The Balaban J connectivity index is 0.00000380. The zero-order valence-electron chi connectivity index (χ0n) is 20.0. The van der Waals surface area contributed by atoms with Crippen molar-refractivity contribution >= 4 is 41.4 Å². The van der Waals surface area contributed by atoms with Gasteiger partial charge in [0.05, 0.1) is 39.6 Å². The lowest BCUT2D eigenvalue weighted by Crippen LogP contribution is -2.12. The quantitative estimate of drug-likeness (QED) is 0.262. The molecule has 3 heterocycles. The molecule has 1 unspecified atom stereocenters. The number of anilines is 1. The van der Waals surface area contributed by atoms with Crippen LogP contribution in [0.4, 0.5) is 14.5 Å². The third-order valence-corrected chi connectivity index (χ3v) is 7.33. The van der Waals surface area contributed by atoms with Gasteiger partial charge in [-0.1, -0.05) is 11.6 Å². The van der Waals surface area contributed by atoms with Crippen LogP contribution in [0.1, 0.15) is 29.8 Å². The maximum absolute atomic E-state index is 15.0. The Morgan fingerprint density at radius 3 is 2.54 bits per heavy atom. The molecule has 2 atom stereocenters. The SMILES string of the molecule is COP(=O)(O)c1ccc(-c2nc3c(N[C@H](C)c4cc(C#N)ccc4F)c(Cl)c(C)nc3cc2F)cn1.N. The average Bonchev–Trinajstić information content (AvgIpc) is 2.86. The van der Waals surface area contributed by atoms with Crippen LogP contribution in [0.5, 0.6) is 0 Å². The molecule has 0 aliphatic rings. The van der Waals surface area contributed by atoms with Crippen LogP contribution in [-0.2, 0) is 9.09 Å². The Kier molecular flexibility index (Phi) is 8.22. The second-order valence-electron chi connectivity index (χ2n) is 7.89. The third kappa shape index (κ3) is 5.44. The van der Waals surface area contributed by atoms with Gasteiger partial charge in [-0.25, -0.2) is 23.7 Å². The Morgan fingerprint density at radius 1 is 1.19 bits per heavy atom. The van der Waals surface area contributed by atoms with Crippen molar-refractivity contribution in [3.05, 3.63) is 76.1 Å². The minimum atomic E-state index is -4.08. The molecule has 0 fully saturated rings. The third-order valence-electron chi connectivity index (χ3n) is 5.53. The Morgan fingerprint density at radius 2 is 1.92 bits per heavy atom. The topological polar surface area (TPSA) is 156 Å². The number of fused-ring (bicyclic) bond motifs is 1. The minimum Gasteiger partial charge on any atom is -0.375 e. The summed E-state index contributed by atoms with van der Waals surface area (Å²) in [5.74, 6) is -1.21. The Labute approximate surface area is 216 Å². The molecular formula is C24H22ClF2N6O3P. The normalized spacial score (nSPS) is 13.4. The lowest BCUT2D eigenvalue weighted by molar-refractivity contribution is 0.327. The summed E-state index contributed by atoms with van der Waals surface area (Å²) in [5, 5.41) is 12.5. The number of rotatable bonds is 6. The maximum atomic E-state index is 15.0. The fraction of sp³-hybridized carbons (Fsp3) is 0.167. The van der Waals surface area contributed by atoms with Gasteiger partial charge in [-0.05, 0) is 44.2 Å². The van der Waals surface area contributed by atoms with Crippen LogP contribution in [0.25, 0.3) is 22.3 Å². The van der Waals surface area contributed by atoms with Crippen molar-refractivity contribution in [1.29, 1.82) is 5.26 Å². The molecule has 192 valence electrons. The molecule has 4 rings (SSSR count). The molecular weight excluding hydrogens is 525 g/mol. The van der Waals surface area contributed by atoms with Gasteiger partial charge < -0.3 is 20.9 Å². The summed E-state index contributed by atoms with van der Waals surface area (Å²) in [7, 11) is -3.00. The highest BCUT2D eigenvalue weighted by atomic mass is 35.5. The summed E-state index contributed by atoms with van der Waals surface area (Å²) >= 11 is 6.54. The van der Waals surface area contributed by atoms with Gasteiger partial charge in [-0.15, -0.1) is 0 Å². The summed E-state index contributed by atoms with van der Waals surface area (Å²) in [4.78, 5) is 22.4. The lowest BCUT2D eigenvalue weighted by Gasteiger charge is -2.20. The number of pyridine rings is 3. The van der Waals surface area contributed by atoms with Gasteiger partial charge in [0, 0.05) is 30.5 Å². The van der Waals surface area contributed by atoms with E-state index in [2.05, 4.69) is 24.8 Å². The van der Waals surface area contributed by atoms with Crippen LogP contribution in [0.15, 0.2) is 42.6 Å². The predicted octanol–water partition coefficient (Wildman–Crippen LogP) is 5.60. The molecule has 0 bridgehead atoms. The van der Waals surface area contributed by atoms with Crippen LogP contribution >= 0.6 is 19.2 Å². The number of halogens is 3. The van der Waals surface area contributed by atoms with Gasteiger partial charge in [0.2, 0.25) is 0 Å². The molecule has 0 saturated heterocycles. The van der Waals surface area contributed by atoms with Crippen LogP contribution in [0, 0.1) is 29.9 Å². The zero-order valence-corrected chi connectivity index (χ0v) is 21.6. The molecule has 5 N–H and O–H groups in total. The fourth-order valence-corrected chi connectivity index (χ4v) is 4.46. The number of benzene rings is 1. The molecule has 0 radical (unpaired) electrons. The van der Waals surface area contributed by atoms with Crippen LogP contribution in [0.2, 0.25) is 5.02 Å². The number of nitriles is 1. The number of aryl methyl sites for hydroxylation is 1. The molecule has 13 heteroatoms. The number of hydrogen-bond donors (Lipinski definition) is 3. The molecule has 1 aromatic carbocycles. The standard InChI is InChI=1S/C24H19ClF2N5O3P.H3N/c1-12(16-8-14(10-28)4-6-17(16)26)31-24-21(25)13(2)30-19-9-18(27)22(32-23(19)24)15-5-7-20(29-11-15)36(33,34)35-3;/h4-9,11-12H,1-3H3,(H,30,31)(H,33,34);1H3/t12-;/m1./s1. The highest BCUT2D eigenvalue weighted by Gasteiger charge is 2.24. The summed E-state index contributed by atoms with van der Waals surface area (Å²) < 4.78 is 46.1. The summed E-state index contributed by atoms with van der Waals surface area (Å²) in [6.45, 7) is 3.33. The van der Waals surface area contributed by atoms with E-state index in [1.54, 1.807) is 13.8 Å².